The van der Waals surface area contributed by atoms with Crippen molar-refractivity contribution in [3.05, 3.63) is 11.4 Å². The second-order valence-corrected chi connectivity index (χ2v) is 3.58. The largest absolute Gasteiger partial charge is 0.395 e. The van der Waals surface area contributed by atoms with Crippen LogP contribution in [0, 0.1) is 6.92 Å². The molecule has 0 aromatic carbocycles. The van der Waals surface area contributed by atoms with Crippen molar-refractivity contribution >= 4 is 11.6 Å². The minimum atomic E-state index is -2.90. The second-order valence-electron chi connectivity index (χ2n) is 3.58. The quantitative estimate of drug-likeness (QED) is 0.680. The predicted octanol–water partition coefficient (Wildman–Crippen LogP) is -0.333. The van der Waals surface area contributed by atoms with Crippen molar-refractivity contribution in [2.24, 2.45) is 7.05 Å². The Hall–Kier alpha value is -1.70. The molecule has 0 aliphatic heterocycles. The normalized spacial score (nSPS) is 12.8. The van der Waals surface area contributed by atoms with Gasteiger partial charge in [-0.25, -0.2) is 8.78 Å². The Morgan fingerprint density at radius 2 is 2.24 bits per heavy atom. The van der Waals surface area contributed by atoms with Crippen LogP contribution >= 0.6 is 0 Å². The fourth-order valence-corrected chi connectivity index (χ4v) is 1.31. The Labute approximate surface area is 96.4 Å². The number of amides is 1. The Bertz CT molecular complexity index is 419. The first-order valence-electron chi connectivity index (χ1n) is 4.88. The van der Waals surface area contributed by atoms with Gasteiger partial charge in [0.1, 0.15) is 11.8 Å². The summed E-state index contributed by atoms with van der Waals surface area (Å²) < 4.78 is 25.3. The van der Waals surface area contributed by atoms with Gasteiger partial charge in [0.05, 0.1) is 11.4 Å². The van der Waals surface area contributed by atoms with Crippen LogP contribution in [0.5, 0.6) is 0 Å². The van der Waals surface area contributed by atoms with Crippen molar-refractivity contribution < 1.29 is 18.7 Å². The van der Waals surface area contributed by atoms with Gasteiger partial charge in [0.15, 0.2) is 0 Å². The molecule has 1 rings (SSSR count). The number of rotatable bonds is 4. The molecule has 1 atom stereocenters. The van der Waals surface area contributed by atoms with E-state index in [1.54, 1.807) is 6.92 Å². The lowest BCUT2D eigenvalue weighted by molar-refractivity contribution is -0.00274. The van der Waals surface area contributed by atoms with E-state index in [0.29, 0.717) is 5.69 Å². The van der Waals surface area contributed by atoms with Crippen LogP contribution in [0.2, 0.25) is 0 Å². The highest BCUT2D eigenvalue weighted by Crippen LogP contribution is 2.14. The van der Waals surface area contributed by atoms with Crippen LogP contribution in [0.1, 0.15) is 16.2 Å². The third-order valence-corrected chi connectivity index (χ3v) is 2.25. The Morgan fingerprint density at radius 1 is 1.65 bits per heavy atom. The highest BCUT2D eigenvalue weighted by atomic mass is 19.3. The van der Waals surface area contributed by atoms with Crippen LogP contribution in [0.25, 0.3) is 0 Å². The number of halogens is 2. The highest BCUT2D eigenvalue weighted by molar-refractivity contribution is 5.97. The lowest BCUT2D eigenvalue weighted by atomic mass is 10.3. The van der Waals surface area contributed by atoms with Gasteiger partial charge in [-0.3, -0.25) is 9.48 Å². The molecular formula is C9H14F2N4O2. The molecule has 17 heavy (non-hydrogen) atoms. The van der Waals surface area contributed by atoms with Crippen molar-refractivity contribution in [2.75, 3.05) is 12.3 Å². The zero-order valence-electron chi connectivity index (χ0n) is 9.44. The Morgan fingerprint density at radius 3 is 2.65 bits per heavy atom. The van der Waals surface area contributed by atoms with Gasteiger partial charge in [-0.2, -0.15) is 5.10 Å². The Balaban J connectivity index is 2.71. The number of carbonyl (C=O) groups is 1. The Kier molecular flexibility index (Phi) is 4.00. The van der Waals surface area contributed by atoms with Crippen LogP contribution in [-0.2, 0) is 7.05 Å². The predicted molar refractivity (Wildman–Crippen MR) is 56.7 cm³/mol. The number of hydrogen-bond acceptors (Lipinski definition) is 4. The molecule has 0 aliphatic carbocycles. The SMILES string of the molecule is Cc1nn(C)c(C(=O)NCC(O)C(F)F)c1N. The first-order valence-corrected chi connectivity index (χ1v) is 4.88. The zero-order chi connectivity index (χ0) is 13.2. The summed E-state index contributed by atoms with van der Waals surface area (Å²) in [6.07, 6.45) is -4.80. The molecule has 0 spiro atoms. The molecule has 1 unspecified atom stereocenters. The van der Waals surface area contributed by atoms with Gasteiger partial charge in [0.25, 0.3) is 12.3 Å². The monoisotopic (exact) mass is 248 g/mol. The molecule has 0 radical (unpaired) electrons. The van der Waals surface area contributed by atoms with Crippen molar-refractivity contribution in [1.82, 2.24) is 15.1 Å². The lowest BCUT2D eigenvalue weighted by Crippen LogP contribution is -2.36. The molecule has 1 aromatic rings. The van der Waals surface area contributed by atoms with Crippen LogP contribution in [0.3, 0.4) is 0 Å². The van der Waals surface area contributed by atoms with Gasteiger partial charge in [-0.15, -0.1) is 0 Å². The first kappa shape index (κ1) is 13.4. The summed E-state index contributed by atoms with van der Waals surface area (Å²) in [5.41, 5.74) is 6.37. The van der Waals surface area contributed by atoms with Gasteiger partial charge >= 0.3 is 0 Å². The molecule has 0 saturated heterocycles. The number of aliphatic hydroxyl groups excluding tert-OH is 1. The maximum atomic E-state index is 12.0. The molecule has 8 heteroatoms. The summed E-state index contributed by atoms with van der Waals surface area (Å²) in [5.74, 6) is -0.648. The van der Waals surface area contributed by atoms with Gasteiger partial charge in [0.2, 0.25) is 0 Å². The molecule has 0 bridgehead atoms. The van der Waals surface area contributed by atoms with Crippen LogP contribution in [0.4, 0.5) is 14.5 Å². The van der Waals surface area contributed by atoms with Gasteiger partial charge in [0, 0.05) is 13.6 Å². The average molecular weight is 248 g/mol. The number of aromatic nitrogens is 2. The maximum Gasteiger partial charge on any atom is 0.271 e. The topological polar surface area (TPSA) is 93.2 Å². The van der Waals surface area contributed by atoms with E-state index >= 15 is 0 Å². The van der Waals surface area contributed by atoms with E-state index in [1.165, 1.54) is 11.7 Å². The van der Waals surface area contributed by atoms with Crippen molar-refractivity contribution in [2.45, 2.75) is 19.5 Å². The molecule has 1 heterocycles. The number of aryl methyl sites for hydroxylation is 2. The number of nitrogens with one attached hydrogen (secondary N) is 1. The van der Waals surface area contributed by atoms with Gasteiger partial charge < -0.3 is 16.2 Å². The summed E-state index contributed by atoms with van der Waals surface area (Å²) in [4.78, 5) is 11.6. The molecule has 0 fully saturated rings. The summed E-state index contributed by atoms with van der Waals surface area (Å²) in [6.45, 7) is 1.08. The number of nitrogens with two attached hydrogens (primary N) is 1. The summed E-state index contributed by atoms with van der Waals surface area (Å²) in [6, 6.07) is 0. The standard InChI is InChI=1S/C9H14F2N4O2/c1-4-6(12)7(15(2)14-4)9(17)13-3-5(16)8(10)11/h5,8,16H,3,12H2,1-2H3,(H,13,17). The number of carbonyl (C=O) groups excluding carboxylic acids is 1. The third kappa shape index (κ3) is 2.90. The van der Waals surface area contributed by atoms with E-state index in [0.717, 1.165) is 0 Å². The lowest BCUT2D eigenvalue weighted by Gasteiger charge is -2.11. The van der Waals surface area contributed by atoms with E-state index < -0.39 is 25.0 Å². The summed E-state index contributed by atoms with van der Waals surface area (Å²) in [5, 5.41) is 14.9. The van der Waals surface area contributed by atoms with Crippen LogP contribution < -0.4 is 11.1 Å². The first-order chi connectivity index (χ1) is 7.84. The number of hydrogen-bond donors (Lipinski definition) is 3. The molecule has 1 amide bonds. The van der Waals surface area contributed by atoms with Crippen LogP contribution in [0.15, 0.2) is 0 Å². The van der Waals surface area contributed by atoms with Crippen molar-refractivity contribution in [3.63, 3.8) is 0 Å². The summed E-state index contributed by atoms with van der Waals surface area (Å²) >= 11 is 0. The van der Waals surface area contributed by atoms with Crippen molar-refractivity contribution in [1.29, 1.82) is 0 Å². The fraction of sp³-hybridized carbons (Fsp3) is 0.556. The molecule has 4 N–H and O–H groups in total. The molecular weight excluding hydrogens is 234 g/mol. The van der Waals surface area contributed by atoms with E-state index in [4.69, 9.17) is 10.8 Å². The number of nitrogen functional groups attached to an aromatic ring is 1. The number of alkyl halides is 2. The highest BCUT2D eigenvalue weighted by Gasteiger charge is 2.21. The van der Waals surface area contributed by atoms with E-state index in [-0.39, 0.29) is 11.4 Å². The van der Waals surface area contributed by atoms with Gasteiger partial charge in [-0.05, 0) is 6.92 Å². The smallest absolute Gasteiger partial charge is 0.271 e. The van der Waals surface area contributed by atoms with E-state index in [2.05, 4.69) is 10.4 Å². The average Bonchev–Trinajstić information content (AvgIpc) is 2.49. The van der Waals surface area contributed by atoms with E-state index in [1.807, 2.05) is 0 Å². The molecule has 0 saturated carbocycles. The molecule has 96 valence electrons. The second kappa shape index (κ2) is 5.09. The summed E-state index contributed by atoms with van der Waals surface area (Å²) in [7, 11) is 1.52. The number of aliphatic hydroxyl groups is 1. The number of nitrogens with zero attached hydrogens (tertiary/aromatic N) is 2. The molecule has 6 nitrogen and oxygen atoms in total. The fourth-order valence-electron chi connectivity index (χ4n) is 1.31. The number of anilines is 1. The molecule has 1 aromatic heterocycles. The van der Waals surface area contributed by atoms with Crippen LogP contribution in [-0.4, -0.2) is 39.9 Å². The minimum Gasteiger partial charge on any atom is -0.395 e. The van der Waals surface area contributed by atoms with E-state index in [9.17, 15) is 13.6 Å². The minimum absolute atomic E-state index is 0.0870. The zero-order valence-corrected chi connectivity index (χ0v) is 9.44. The maximum absolute atomic E-state index is 12.0. The van der Waals surface area contributed by atoms with Gasteiger partial charge in [-0.1, -0.05) is 0 Å². The van der Waals surface area contributed by atoms with Crippen molar-refractivity contribution in [3.8, 4) is 0 Å². The third-order valence-electron chi connectivity index (χ3n) is 2.25. The molecule has 0 aliphatic rings.